The molecule has 3 aromatic rings. The van der Waals surface area contributed by atoms with E-state index in [-0.39, 0.29) is 0 Å². The average Bonchev–Trinajstić information content (AvgIpc) is 2.94. The SMILES string of the molecule is COc1cc(Cl)ccc1-c1nnc(NC2[C@@H]3CC[C@H]2COC3)c2cnccc12. The quantitative estimate of drug-likeness (QED) is 0.713. The number of nitrogens with zero attached hydrogens (tertiary/aromatic N) is 3. The summed E-state index contributed by atoms with van der Waals surface area (Å²) in [5, 5.41) is 15.3. The van der Waals surface area contributed by atoms with Crippen molar-refractivity contribution in [1.29, 1.82) is 0 Å². The van der Waals surface area contributed by atoms with Crippen LogP contribution in [0.4, 0.5) is 5.82 Å². The van der Waals surface area contributed by atoms with Gasteiger partial charge in [-0.25, -0.2) is 0 Å². The smallest absolute Gasteiger partial charge is 0.158 e. The van der Waals surface area contributed by atoms with Crippen molar-refractivity contribution in [1.82, 2.24) is 15.2 Å². The zero-order valence-electron chi connectivity index (χ0n) is 15.6. The lowest BCUT2D eigenvalue weighted by atomic mass is 9.96. The van der Waals surface area contributed by atoms with Crippen molar-refractivity contribution < 1.29 is 9.47 Å². The minimum Gasteiger partial charge on any atom is -0.496 e. The van der Waals surface area contributed by atoms with E-state index < -0.39 is 0 Å². The Hall–Kier alpha value is -2.44. The second kappa shape index (κ2) is 7.18. The fourth-order valence-electron chi connectivity index (χ4n) is 4.47. The predicted octanol–water partition coefficient (Wildman–Crippen LogP) is 4.19. The Morgan fingerprint density at radius 1 is 1.11 bits per heavy atom. The van der Waals surface area contributed by atoms with E-state index >= 15 is 0 Å². The third kappa shape index (κ3) is 2.97. The lowest BCUT2D eigenvalue weighted by Gasteiger charge is -2.31. The van der Waals surface area contributed by atoms with E-state index in [4.69, 9.17) is 21.1 Å². The van der Waals surface area contributed by atoms with Crippen molar-refractivity contribution >= 4 is 28.2 Å². The van der Waals surface area contributed by atoms with E-state index in [0.29, 0.717) is 28.6 Å². The Labute approximate surface area is 168 Å². The van der Waals surface area contributed by atoms with Crippen LogP contribution < -0.4 is 10.1 Å². The summed E-state index contributed by atoms with van der Waals surface area (Å²) in [7, 11) is 1.63. The molecular formula is C21H21ClN4O2. The van der Waals surface area contributed by atoms with E-state index in [0.717, 1.165) is 41.1 Å². The summed E-state index contributed by atoms with van der Waals surface area (Å²) in [5.41, 5.74) is 1.61. The molecule has 1 N–H and O–H groups in total. The van der Waals surface area contributed by atoms with Gasteiger partial charge in [-0.2, -0.15) is 0 Å². The van der Waals surface area contributed by atoms with Gasteiger partial charge in [-0.05, 0) is 37.1 Å². The van der Waals surface area contributed by atoms with Gasteiger partial charge >= 0.3 is 0 Å². The standard InChI is InChI=1S/C21H21ClN4O2/c1-27-18-8-14(22)4-5-16(18)20-15-6-7-23-9-17(15)21(26-25-20)24-19-12-2-3-13(19)11-28-10-12/h4-9,12-13,19H,2-3,10-11H2,1H3,(H,24,26)/t12-,13+,19?. The van der Waals surface area contributed by atoms with Crippen molar-refractivity contribution in [3.8, 4) is 17.0 Å². The number of hydrogen-bond acceptors (Lipinski definition) is 6. The maximum Gasteiger partial charge on any atom is 0.158 e. The first-order chi connectivity index (χ1) is 13.7. The Morgan fingerprint density at radius 2 is 1.93 bits per heavy atom. The van der Waals surface area contributed by atoms with Crippen molar-refractivity contribution in [2.24, 2.45) is 11.8 Å². The number of halogens is 1. The van der Waals surface area contributed by atoms with Gasteiger partial charge in [0, 0.05) is 51.6 Å². The molecule has 3 atom stereocenters. The largest absolute Gasteiger partial charge is 0.496 e. The summed E-state index contributed by atoms with van der Waals surface area (Å²) < 4.78 is 11.2. The van der Waals surface area contributed by atoms with Crippen LogP contribution >= 0.6 is 11.6 Å². The Bertz CT molecular complexity index is 1010. The molecule has 28 heavy (non-hydrogen) atoms. The third-order valence-corrected chi connectivity index (χ3v) is 6.13. The second-order valence-electron chi connectivity index (χ2n) is 7.47. The van der Waals surface area contributed by atoms with Crippen LogP contribution in [-0.2, 0) is 4.74 Å². The highest BCUT2D eigenvalue weighted by Gasteiger charge is 2.40. The number of aromatic nitrogens is 3. The summed E-state index contributed by atoms with van der Waals surface area (Å²) >= 11 is 6.12. The lowest BCUT2D eigenvalue weighted by molar-refractivity contribution is 0.0392. The van der Waals surface area contributed by atoms with Gasteiger partial charge in [-0.1, -0.05) is 11.6 Å². The molecule has 5 rings (SSSR count). The minimum atomic E-state index is 0.377. The maximum absolute atomic E-state index is 6.12. The zero-order chi connectivity index (χ0) is 19.1. The van der Waals surface area contributed by atoms with Crippen molar-refractivity contribution in [3.05, 3.63) is 41.7 Å². The van der Waals surface area contributed by atoms with Gasteiger partial charge in [0.15, 0.2) is 5.82 Å². The zero-order valence-corrected chi connectivity index (χ0v) is 16.3. The molecule has 1 aromatic carbocycles. The maximum atomic E-state index is 6.12. The number of rotatable bonds is 4. The first-order valence-corrected chi connectivity index (χ1v) is 9.91. The normalized spacial score (nSPS) is 23.7. The van der Waals surface area contributed by atoms with Crippen molar-refractivity contribution in [3.63, 3.8) is 0 Å². The Kier molecular flexibility index (Phi) is 4.53. The summed E-state index contributed by atoms with van der Waals surface area (Å²) in [6, 6.07) is 7.88. The Balaban J connectivity index is 1.58. The van der Waals surface area contributed by atoms with Crippen LogP contribution in [-0.4, -0.2) is 41.5 Å². The molecule has 2 fully saturated rings. The molecule has 3 heterocycles. The fourth-order valence-corrected chi connectivity index (χ4v) is 4.64. The topological polar surface area (TPSA) is 69.2 Å². The number of anilines is 1. The van der Waals surface area contributed by atoms with Gasteiger partial charge in [-0.15, -0.1) is 10.2 Å². The van der Waals surface area contributed by atoms with Crippen LogP contribution in [0, 0.1) is 11.8 Å². The molecular weight excluding hydrogens is 376 g/mol. The molecule has 0 spiro atoms. The predicted molar refractivity (Wildman–Crippen MR) is 109 cm³/mol. The van der Waals surface area contributed by atoms with E-state index in [1.54, 1.807) is 19.4 Å². The van der Waals surface area contributed by atoms with Crippen molar-refractivity contribution in [2.45, 2.75) is 18.9 Å². The number of ether oxygens (including phenoxy) is 2. The molecule has 1 saturated heterocycles. The monoisotopic (exact) mass is 396 g/mol. The molecule has 6 nitrogen and oxygen atoms in total. The Morgan fingerprint density at radius 3 is 2.71 bits per heavy atom. The summed E-state index contributed by atoms with van der Waals surface area (Å²) in [4.78, 5) is 4.33. The highest BCUT2D eigenvalue weighted by Crippen LogP contribution is 2.40. The number of benzene rings is 1. The third-order valence-electron chi connectivity index (χ3n) is 5.89. The molecule has 1 saturated carbocycles. The highest BCUT2D eigenvalue weighted by atomic mass is 35.5. The lowest BCUT2D eigenvalue weighted by Crippen LogP contribution is -2.39. The average molecular weight is 397 g/mol. The van der Waals surface area contributed by atoms with Gasteiger partial charge in [0.05, 0.1) is 20.3 Å². The molecule has 1 unspecified atom stereocenters. The number of nitrogens with one attached hydrogen (secondary N) is 1. The molecule has 1 aliphatic carbocycles. The molecule has 144 valence electrons. The number of hydrogen-bond donors (Lipinski definition) is 1. The summed E-state index contributed by atoms with van der Waals surface area (Å²) in [5.74, 6) is 2.51. The van der Waals surface area contributed by atoms with Crippen LogP contribution in [0.5, 0.6) is 5.75 Å². The highest BCUT2D eigenvalue weighted by molar-refractivity contribution is 6.30. The molecule has 0 amide bonds. The molecule has 2 aliphatic rings. The second-order valence-corrected chi connectivity index (χ2v) is 7.90. The van der Waals surface area contributed by atoms with Gasteiger partial charge < -0.3 is 14.8 Å². The number of methoxy groups -OCH3 is 1. The van der Waals surface area contributed by atoms with Crippen LogP contribution in [0.3, 0.4) is 0 Å². The van der Waals surface area contributed by atoms with Gasteiger partial charge in [0.25, 0.3) is 0 Å². The molecule has 7 heteroatoms. The molecule has 1 aliphatic heterocycles. The van der Waals surface area contributed by atoms with E-state index in [1.165, 1.54) is 12.8 Å². The van der Waals surface area contributed by atoms with Crippen LogP contribution in [0.25, 0.3) is 22.0 Å². The van der Waals surface area contributed by atoms with E-state index in [1.807, 2.05) is 24.4 Å². The number of fused-ring (bicyclic) bond motifs is 3. The number of pyridine rings is 1. The minimum absolute atomic E-state index is 0.377. The van der Waals surface area contributed by atoms with Crippen LogP contribution in [0.2, 0.25) is 5.02 Å². The summed E-state index contributed by atoms with van der Waals surface area (Å²) in [6.45, 7) is 1.63. The molecule has 2 aromatic heterocycles. The molecule has 0 radical (unpaired) electrons. The first kappa shape index (κ1) is 17.6. The van der Waals surface area contributed by atoms with Crippen molar-refractivity contribution in [2.75, 3.05) is 25.6 Å². The van der Waals surface area contributed by atoms with Crippen LogP contribution in [0.1, 0.15) is 12.8 Å². The van der Waals surface area contributed by atoms with Gasteiger partial charge in [-0.3, -0.25) is 4.98 Å². The molecule has 2 bridgehead atoms. The first-order valence-electron chi connectivity index (χ1n) is 9.53. The fraction of sp³-hybridized carbons (Fsp3) is 0.381. The van der Waals surface area contributed by atoms with E-state index in [2.05, 4.69) is 20.5 Å². The van der Waals surface area contributed by atoms with Crippen LogP contribution in [0.15, 0.2) is 36.7 Å². The van der Waals surface area contributed by atoms with Gasteiger partial charge in [0.2, 0.25) is 0 Å². The van der Waals surface area contributed by atoms with Gasteiger partial charge in [0.1, 0.15) is 11.4 Å². The summed E-state index contributed by atoms with van der Waals surface area (Å²) in [6.07, 6.45) is 6.02. The van der Waals surface area contributed by atoms with E-state index in [9.17, 15) is 0 Å².